The second-order valence-corrected chi connectivity index (χ2v) is 5.50. The fourth-order valence-electron chi connectivity index (χ4n) is 2.26. The first-order valence-electron chi connectivity index (χ1n) is 7.30. The summed E-state index contributed by atoms with van der Waals surface area (Å²) in [5.41, 5.74) is 2.56. The van der Waals surface area contributed by atoms with Gasteiger partial charge in [-0.05, 0) is 37.6 Å². The van der Waals surface area contributed by atoms with Crippen LogP contribution in [0.1, 0.15) is 28.4 Å². The number of fused-ring (bicyclic) bond motifs is 1. The zero-order chi connectivity index (χ0) is 16.4. The van der Waals surface area contributed by atoms with Crippen LogP contribution in [0, 0.1) is 6.92 Å². The summed E-state index contributed by atoms with van der Waals surface area (Å²) in [6.45, 7) is 3.46. The minimum absolute atomic E-state index is 0.00119. The summed E-state index contributed by atoms with van der Waals surface area (Å²) in [4.78, 5) is 23.3. The van der Waals surface area contributed by atoms with Gasteiger partial charge in [0.2, 0.25) is 5.78 Å². The summed E-state index contributed by atoms with van der Waals surface area (Å²) in [6.07, 6.45) is 1.72. The molecule has 0 aliphatic carbocycles. The first-order valence-corrected chi connectivity index (χ1v) is 7.30. The van der Waals surface area contributed by atoms with Crippen molar-refractivity contribution in [3.05, 3.63) is 64.9 Å². The largest absolute Gasteiger partial charge is 0.486 e. The topological polar surface area (TPSA) is 52.6 Å². The number of hydrogen-bond donors (Lipinski definition) is 0. The van der Waals surface area contributed by atoms with E-state index in [-0.39, 0.29) is 23.9 Å². The minimum Gasteiger partial charge on any atom is -0.486 e. The summed E-state index contributed by atoms with van der Waals surface area (Å²) < 4.78 is 11.0. The van der Waals surface area contributed by atoms with Crippen molar-refractivity contribution in [3.8, 4) is 11.5 Å². The first kappa shape index (κ1) is 15.0. The predicted molar refractivity (Wildman–Crippen MR) is 86.7 cm³/mol. The fraction of sp³-hybridized carbons (Fsp3) is 0.158. The van der Waals surface area contributed by atoms with Gasteiger partial charge in [0, 0.05) is 6.07 Å². The Morgan fingerprint density at radius 2 is 1.91 bits per heavy atom. The maximum absolute atomic E-state index is 12.4. The van der Waals surface area contributed by atoms with Crippen molar-refractivity contribution in [1.82, 2.24) is 0 Å². The molecule has 0 saturated carbocycles. The third kappa shape index (κ3) is 3.31. The van der Waals surface area contributed by atoms with E-state index in [1.807, 2.05) is 31.2 Å². The molecule has 1 aliphatic heterocycles. The number of allylic oxidation sites excluding steroid dienone is 1. The Labute approximate surface area is 134 Å². The van der Waals surface area contributed by atoms with Crippen LogP contribution in [0.3, 0.4) is 0 Å². The number of hydrogen-bond acceptors (Lipinski definition) is 4. The zero-order valence-electron chi connectivity index (χ0n) is 13.0. The standard InChI is InChI=1S/C19H16O4/c1-12-3-5-14(6-4-12)9-18-19(21)16-8-7-15(10-17(16)23-18)22-11-13(2)20/h3-10H,11H2,1-2H3. The smallest absolute Gasteiger partial charge is 0.231 e. The molecule has 23 heavy (non-hydrogen) atoms. The summed E-state index contributed by atoms with van der Waals surface area (Å²) in [6, 6.07) is 12.8. The van der Waals surface area contributed by atoms with Gasteiger partial charge in [-0.15, -0.1) is 0 Å². The van der Waals surface area contributed by atoms with Gasteiger partial charge in [0.1, 0.15) is 18.1 Å². The lowest BCUT2D eigenvalue weighted by atomic mass is 10.1. The molecule has 0 fully saturated rings. The Hall–Kier alpha value is -2.88. The number of carbonyl (C=O) groups is 2. The van der Waals surface area contributed by atoms with Crippen molar-refractivity contribution in [2.45, 2.75) is 13.8 Å². The van der Waals surface area contributed by atoms with Gasteiger partial charge in [-0.25, -0.2) is 0 Å². The highest BCUT2D eigenvalue weighted by atomic mass is 16.5. The summed E-state index contributed by atoms with van der Waals surface area (Å²) in [7, 11) is 0. The zero-order valence-corrected chi connectivity index (χ0v) is 13.0. The lowest BCUT2D eigenvalue weighted by molar-refractivity contribution is -0.118. The number of ketones is 2. The molecule has 0 N–H and O–H groups in total. The number of ether oxygens (including phenoxy) is 2. The molecule has 0 amide bonds. The van der Waals surface area contributed by atoms with E-state index in [0.29, 0.717) is 17.1 Å². The van der Waals surface area contributed by atoms with E-state index in [2.05, 4.69) is 0 Å². The molecule has 2 aromatic rings. The van der Waals surface area contributed by atoms with Gasteiger partial charge in [-0.2, -0.15) is 0 Å². The molecule has 0 saturated heterocycles. The van der Waals surface area contributed by atoms with Crippen LogP contribution in [-0.4, -0.2) is 18.2 Å². The summed E-state index contributed by atoms with van der Waals surface area (Å²) in [5, 5.41) is 0. The number of aryl methyl sites for hydroxylation is 1. The monoisotopic (exact) mass is 308 g/mol. The van der Waals surface area contributed by atoms with Gasteiger partial charge in [-0.1, -0.05) is 29.8 Å². The molecular formula is C19H16O4. The molecule has 0 radical (unpaired) electrons. The molecule has 0 unspecified atom stereocenters. The molecule has 0 aromatic heterocycles. The third-order valence-corrected chi connectivity index (χ3v) is 3.46. The van der Waals surface area contributed by atoms with Crippen molar-refractivity contribution in [1.29, 1.82) is 0 Å². The van der Waals surface area contributed by atoms with E-state index in [9.17, 15) is 9.59 Å². The average Bonchev–Trinajstić information content (AvgIpc) is 2.83. The molecule has 0 bridgehead atoms. The van der Waals surface area contributed by atoms with E-state index in [4.69, 9.17) is 9.47 Å². The highest BCUT2D eigenvalue weighted by Gasteiger charge is 2.27. The Kier molecular flexibility index (Phi) is 3.98. The van der Waals surface area contributed by atoms with Crippen molar-refractivity contribution < 1.29 is 19.1 Å². The van der Waals surface area contributed by atoms with Crippen LogP contribution >= 0.6 is 0 Å². The highest BCUT2D eigenvalue weighted by molar-refractivity contribution is 6.14. The van der Waals surface area contributed by atoms with Crippen LogP contribution in [-0.2, 0) is 4.79 Å². The van der Waals surface area contributed by atoms with Gasteiger partial charge in [0.25, 0.3) is 0 Å². The summed E-state index contributed by atoms with van der Waals surface area (Å²) >= 11 is 0. The van der Waals surface area contributed by atoms with E-state index >= 15 is 0 Å². The van der Waals surface area contributed by atoms with Crippen molar-refractivity contribution in [2.24, 2.45) is 0 Å². The predicted octanol–water partition coefficient (Wildman–Crippen LogP) is 3.58. The minimum atomic E-state index is -0.154. The fourth-order valence-corrected chi connectivity index (χ4v) is 2.26. The third-order valence-electron chi connectivity index (χ3n) is 3.46. The molecule has 1 heterocycles. The van der Waals surface area contributed by atoms with Crippen LogP contribution in [0.2, 0.25) is 0 Å². The first-order chi connectivity index (χ1) is 11.0. The van der Waals surface area contributed by atoms with Gasteiger partial charge >= 0.3 is 0 Å². The lowest BCUT2D eigenvalue weighted by Crippen LogP contribution is -2.06. The average molecular weight is 308 g/mol. The van der Waals surface area contributed by atoms with Crippen LogP contribution in [0.4, 0.5) is 0 Å². The van der Waals surface area contributed by atoms with E-state index in [1.165, 1.54) is 6.92 Å². The molecule has 0 spiro atoms. The Morgan fingerprint density at radius 1 is 1.17 bits per heavy atom. The molecule has 2 aromatic carbocycles. The van der Waals surface area contributed by atoms with Gasteiger partial charge in [0.05, 0.1) is 5.56 Å². The molecule has 4 nitrogen and oxygen atoms in total. The van der Waals surface area contributed by atoms with E-state index in [0.717, 1.165) is 11.1 Å². The Bertz CT molecular complexity index is 801. The van der Waals surface area contributed by atoms with Crippen molar-refractivity contribution in [2.75, 3.05) is 6.61 Å². The van der Waals surface area contributed by atoms with Crippen molar-refractivity contribution >= 4 is 17.6 Å². The van der Waals surface area contributed by atoms with Gasteiger partial charge < -0.3 is 9.47 Å². The number of rotatable bonds is 4. The highest BCUT2D eigenvalue weighted by Crippen LogP contribution is 2.34. The Balaban J connectivity index is 1.83. The number of carbonyl (C=O) groups excluding carboxylic acids is 2. The second-order valence-electron chi connectivity index (χ2n) is 5.50. The molecule has 4 heteroatoms. The van der Waals surface area contributed by atoms with Crippen LogP contribution in [0.15, 0.2) is 48.2 Å². The van der Waals surface area contributed by atoms with Crippen LogP contribution in [0.25, 0.3) is 6.08 Å². The Morgan fingerprint density at radius 3 is 2.61 bits per heavy atom. The molecule has 3 rings (SSSR count). The molecule has 1 aliphatic rings. The van der Waals surface area contributed by atoms with E-state index < -0.39 is 0 Å². The van der Waals surface area contributed by atoms with E-state index in [1.54, 1.807) is 24.3 Å². The van der Waals surface area contributed by atoms with Crippen molar-refractivity contribution in [3.63, 3.8) is 0 Å². The van der Waals surface area contributed by atoms with Gasteiger partial charge in [0.15, 0.2) is 11.5 Å². The SMILES string of the molecule is CC(=O)COc1ccc2c(c1)OC(=Cc1ccc(C)cc1)C2=O. The van der Waals surface area contributed by atoms with Gasteiger partial charge in [-0.3, -0.25) is 9.59 Å². The quantitative estimate of drug-likeness (QED) is 0.810. The maximum Gasteiger partial charge on any atom is 0.231 e. The summed E-state index contributed by atoms with van der Waals surface area (Å²) in [5.74, 6) is 1.02. The number of benzene rings is 2. The molecular weight excluding hydrogens is 292 g/mol. The normalized spacial score (nSPS) is 14.5. The number of Topliss-reactive ketones (excluding diaryl/α,β-unsaturated/α-hetero) is 2. The lowest BCUT2D eigenvalue weighted by Gasteiger charge is -2.04. The molecule has 116 valence electrons. The molecule has 0 atom stereocenters. The van der Waals surface area contributed by atoms with Crippen LogP contribution < -0.4 is 9.47 Å². The van der Waals surface area contributed by atoms with Crippen LogP contribution in [0.5, 0.6) is 11.5 Å². The second kappa shape index (κ2) is 6.08. The maximum atomic E-state index is 12.4.